The highest BCUT2D eigenvalue weighted by Crippen LogP contribution is 1.86. The standard InChI is InChI=1S/C7H13NO/c1-3-4-9-6-7(2)5-8/h3H,1-2,4-6,8H2. The predicted octanol–water partition coefficient (Wildman–Crippen LogP) is 0.704. The second-order valence-electron chi connectivity index (χ2n) is 1.76. The normalized spacial score (nSPS) is 9.00. The highest BCUT2D eigenvalue weighted by Gasteiger charge is 1.87. The van der Waals surface area contributed by atoms with Crippen LogP contribution >= 0.6 is 0 Å². The van der Waals surface area contributed by atoms with Crippen molar-refractivity contribution in [2.24, 2.45) is 5.73 Å². The van der Waals surface area contributed by atoms with Crippen LogP contribution in [0.2, 0.25) is 0 Å². The molecule has 2 heteroatoms. The molecule has 2 nitrogen and oxygen atoms in total. The third kappa shape index (κ3) is 5.27. The Hall–Kier alpha value is -0.600. The molecule has 0 aliphatic heterocycles. The summed E-state index contributed by atoms with van der Waals surface area (Å²) in [5, 5.41) is 0. The maximum absolute atomic E-state index is 5.25. The number of hydrogen-bond acceptors (Lipinski definition) is 2. The van der Waals surface area contributed by atoms with Crippen molar-refractivity contribution in [3.63, 3.8) is 0 Å². The van der Waals surface area contributed by atoms with E-state index in [0.717, 1.165) is 5.57 Å². The largest absolute Gasteiger partial charge is 0.373 e. The molecule has 0 heterocycles. The lowest BCUT2D eigenvalue weighted by atomic mass is 10.3. The Bertz CT molecular complexity index is 99.1. The minimum Gasteiger partial charge on any atom is -0.373 e. The molecule has 0 amide bonds. The zero-order chi connectivity index (χ0) is 7.11. The van der Waals surface area contributed by atoms with Crippen molar-refractivity contribution < 1.29 is 4.74 Å². The van der Waals surface area contributed by atoms with E-state index in [1.165, 1.54) is 0 Å². The summed E-state index contributed by atoms with van der Waals surface area (Å²) in [6.45, 7) is 8.77. The zero-order valence-electron chi connectivity index (χ0n) is 5.60. The van der Waals surface area contributed by atoms with Crippen LogP contribution in [0.5, 0.6) is 0 Å². The quantitative estimate of drug-likeness (QED) is 0.436. The fourth-order valence-corrected chi connectivity index (χ4v) is 0.346. The van der Waals surface area contributed by atoms with E-state index < -0.39 is 0 Å². The van der Waals surface area contributed by atoms with Crippen molar-refractivity contribution in [2.75, 3.05) is 19.8 Å². The highest BCUT2D eigenvalue weighted by molar-refractivity contribution is 4.95. The molecule has 0 aromatic heterocycles. The van der Waals surface area contributed by atoms with Crippen molar-refractivity contribution in [2.45, 2.75) is 0 Å². The minimum absolute atomic E-state index is 0.497. The Morgan fingerprint density at radius 1 is 1.67 bits per heavy atom. The molecule has 0 aromatic rings. The SMILES string of the molecule is C=CCOCC(=C)CN. The molecule has 0 fully saturated rings. The predicted molar refractivity (Wildman–Crippen MR) is 39.2 cm³/mol. The van der Waals surface area contributed by atoms with Crippen molar-refractivity contribution in [3.05, 3.63) is 24.8 Å². The lowest BCUT2D eigenvalue weighted by molar-refractivity contribution is 0.186. The van der Waals surface area contributed by atoms with E-state index in [-0.39, 0.29) is 0 Å². The molecule has 0 aromatic carbocycles. The van der Waals surface area contributed by atoms with Crippen LogP contribution in [0, 0.1) is 0 Å². The molecular weight excluding hydrogens is 114 g/mol. The van der Waals surface area contributed by atoms with E-state index in [9.17, 15) is 0 Å². The Labute approximate surface area is 56.0 Å². The number of nitrogens with two attached hydrogens (primary N) is 1. The Balaban J connectivity index is 3.06. The van der Waals surface area contributed by atoms with Gasteiger partial charge in [-0.1, -0.05) is 12.7 Å². The van der Waals surface area contributed by atoms with E-state index >= 15 is 0 Å². The van der Waals surface area contributed by atoms with Crippen molar-refractivity contribution in [3.8, 4) is 0 Å². The average Bonchev–Trinajstić information content (AvgIpc) is 1.89. The number of rotatable bonds is 5. The lowest BCUT2D eigenvalue weighted by Crippen LogP contribution is -2.07. The van der Waals surface area contributed by atoms with Crippen molar-refractivity contribution in [1.29, 1.82) is 0 Å². The first-order valence-corrected chi connectivity index (χ1v) is 2.86. The molecule has 0 rings (SSSR count). The summed E-state index contributed by atoms with van der Waals surface area (Å²) >= 11 is 0. The summed E-state index contributed by atoms with van der Waals surface area (Å²) in [4.78, 5) is 0. The fraction of sp³-hybridized carbons (Fsp3) is 0.429. The fourth-order valence-electron chi connectivity index (χ4n) is 0.346. The van der Waals surface area contributed by atoms with Crippen LogP contribution in [0.3, 0.4) is 0 Å². The van der Waals surface area contributed by atoms with E-state index in [1.54, 1.807) is 6.08 Å². The average molecular weight is 127 g/mol. The van der Waals surface area contributed by atoms with Crippen LogP contribution in [-0.4, -0.2) is 19.8 Å². The summed E-state index contributed by atoms with van der Waals surface area (Å²) in [6.07, 6.45) is 1.70. The van der Waals surface area contributed by atoms with E-state index in [0.29, 0.717) is 19.8 Å². The van der Waals surface area contributed by atoms with Gasteiger partial charge in [-0.3, -0.25) is 0 Å². The third-order valence-electron chi connectivity index (χ3n) is 0.831. The number of hydrogen-bond donors (Lipinski definition) is 1. The van der Waals surface area contributed by atoms with Crippen LogP contribution in [-0.2, 0) is 4.74 Å². The van der Waals surface area contributed by atoms with E-state index in [2.05, 4.69) is 13.2 Å². The van der Waals surface area contributed by atoms with Crippen molar-refractivity contribution in [1.82, 2.24) is 0 Å². The first kappa shape index (κ1) is 8.40. The summed E-state index contributed by atoms with van der Waals surface area (Å²) in [7, 11) is 0. The van der Waals surface area contributed by atoms with Crippen LogP contribution in [0.25, 0.3) is 0 Å². The molecule has 0 spiro atoms. The highest BCUT2D eigenvalue weighted by atomic mass is 16.5. The van der Waals surface area contributed by atoms with Gasteiger partial charge in [0.15, 0.2) is 0 Å². The molecule has 52 valence electrons. The first-order valence-electron chi connectivity index (χ1n) is 2.86. The summed E-state index contributed by atoms with van der Waals surface area (Å²) in [5.41, 5.74) is 6.16. The monoisotopic (exact) mass is 127 g/mol. The molecule has 0 aliphatic rings. The molecule has 0 bridgehead atoms. The summed E-state index contributed by atoms with van der Waals surface area (Å²) in [5.74, 6) is 0. The Kier molecular flexibility index (Phi) is 5.17. The Morgan fingerprint density at radius 3 is 2.78 bits per heavy atom. The van der Waals surface area contributed by atoms with Gasteiger partial charge in [0, 0.05) is 6.54 Å². The molecule has 0 radical (unpaired) electrons. The first-order chi connectivity index (χ1) is 4.31. The van der Waals surface area contributed by atoms with Gasteiger partial charge in [0.05, 0.1) is 13.2 Å². The van der Waals surface area contributed by atoms with E-state index in [1.807, 2.05) is 0 Å². The van der Waals surface area contributed by atoms with Gasteiger partial charge in [0.1, 0.15) is 0 Å². The number of ether oxygens (including phenoxy) is 1. The maximum atomic E-state index is 5.25. The van der Waals surface area contributed by atoms with Gasteiger partial charge in [-0.2, -0.15) is 0 Å². The van der Waals surface area contributed by atoms with Crippen LogP contribution in [0.4, 0.5) is 0 Å². The van der Waals surface area contributed by atoms with Crippen molar-refractivity contribution >= 4 is 0 Å². The molecule has 9 heavy (non-hydrogen) atoms. The van der Waals surface area contributed by atoms with Crippen LogP contribution < -0.4 is 5.73 Å². The zero-order valence-corrected chi connectivity index (χ0v) is 5.60. The van der Waals surface area contributed by atoms with E-state index in [4.69, 9.17) is 10.5 Å². The second-order valence-corrected chi connectivity index (χ2v) is 1.76. The molecule has 0 saturated carbocycles. The van der Waals surface area contributed by atoms with Gasteiger partial charge in [-0.15, -0.1) is 6.58 Å². The summed E-state index contributed by atoms with van der Waals surface area (Å²) in [6, 6.07) is 0. The minimum atomic E-state index is 0.497. The lowest BCUT2D eigenvalue weighted by Gasteiger charge is -2.00. The topological polar surface area (TPSA) is 35.2 Å². The van der Waals surface area contributed by atoms with Crippen LogP contribution in [0.15, 0.2) is 24.8 Å². The van der Waals surface area contributed by atoms with Crippen LogP contribution in [0.1, 0.15) is 0 Å². The smallest absolute Gasteiger partial charge is 0.0690 e. The summed E-state index contributed by atoms with van der Waals surface area (Å²) < 4.78 is 5.04. The third-order valence-corrected chi connectivity index (χ3v) is 0.831. The molecule has 2 N–H and O–H groups in total. The maximum Gasteiger partial charge on any atom is 0.0690 e. The molecule has 0 unspecified atom stereocenters. The van der Waals surface area contributed by atoms with Gasteiger partial charge >= 0.3 is 0 Å². The second kappa shape index (κ2) is 5.54. The molecule has 0 atom stereocenters. The molecule has 0 saturated heterocycles. The molecule has 0 aliphatic carbocycles. The van der Waals surface area contributed by atoms with Gasteiger partial charge in [-0.05, 0) is 5.57 Å². The Morgan fingerprint density at radius 2 is 2.33 bits per heavy atom. The van der Waals surface area contributed by atoms with Gasteiger partial charge in [0.2, 0.25) is 0 Å². The van der Waals surface area contributed by atoms with Gasteiger partial charge in [0.25, 0.3) is 0 Å². The van der Waals surface area contributed by atoms with Gasteiger partial charge < -0.3 is 10.5 Å². The van der Waals surface area contributed by atoms with Gasteiger partial charge in [-0.25, -0.2) is 0 Å². The molecular formula is C7H13NO.